The standard InChI is InChI=1S/C14H13BrN2O2S/c1-2-19-13-6-5-10(15)8-12(13)14(18)17-16-9-11-4-3-7-20-11/h3-9H,2H2,1H3,(H,17,18). The molecule has 0 aliphatic heterocycles. The summed E-state index contributed by atoms with van der Waals surface area (Å²) in [6, 6.07) is 9.14. The van der Waals surface area contributed by atoms with Gasteiger partial charge in [0.1, 0.15) is 5.75 Å². The summed E-state index contributed by atoms with van der Waals surface area (Å²) >= 11 is 4.89. The van der Waals surface area contributed by atoms with Crippen molar-refractivity contribution in [3.63, 3.8) is 0 Å². The predicted molar refractivity (Wildman–Crippen MR) is 84.7 cm³/mol. The minimum absolute atomic E-state index is 0.303. The normalized spacial score (nSPS) is 10.7. The van der Waals surface area contributed by atoms with Crippen molar-refractivity contribution in [2.75, 3.05) is 6.61 Å². The van der Waals surface area contributed by atoms with E-state index in [4.69, 9.17) is 4.74 Å². The summed E-state index contributed by atoms with van der Waals surface area (Å²) in [5.74, 6) is 0.238. The van der Waals surface area contributed by atoms with Crippen LogP contribution in [-0.2, 0) is 0 Å². The molecule has 0 fully saturated rings. The van der Waals surface area contributed by atoms with E-state index in [0.29, 0.717) is 17.9 Å². The van der Waals surface area contributed by atoms with Gasteiger partial charge in [-0.2, -0.15) is 5.10 Å². The fourth-order valence-corrected chi connectivity index (χ4v) is 2.49. The highest BCUT2D eigenvalue weighted by Crippen LogP contribution is 2.23. The predicted octanol–water partition coefficient (Wildman–Crippen LogP) is 3.67. The number of benzene rings is 1. The van der Waals surface area contributed by atoms with Crippen LogP contribution in [0.5, 0.6) is 5.75 Å². The Morgan fingerprint density at radius 1 is 1.50 bits per heavy atom. The molecule has 0 aliphatic carbocycles. The lowest BCUT2D eigenvalue weighted by atomic mass is 10.2. The van der Waals surface area contributed by atoms with Gasteiger partial charge in [-0.3, -0.25) is 4.79 Å². The van der Waals surface area contributed by atoms with Gasteiger partial charge >= 0.3 is 0 Å². The van der Waals surface area contributed by atoms with Gasteiger partial charge in [0.2, 0.25) is 0 Å². The number of nitrogens with zero attached hydrogens (tertiary/aromatic N) is 1. The molecule has 0 spiro atoms. The Kier molecular flexibility index (Phi) is 5.31. The van der Waals surface area contributed by atoms with E-state index in [1.807, 2.05) is 30.5 Å². The average molecular weight is 353 g/mol. The Hall–Kier alpha value is -1.66. The van der Waals surface area contributed by atoms with E-state index in [-0.39, 0.29) is 5.91 Å². The van der Waals surface area contributed by atoms with Crippen LogP contribution in [0.15, 0.2) is 45.3 Å². The number of carbonyl (C=O) groups excluding carboxylic acids is 1. The van der Waals surface area contributed by atoms with Gasteiger partial charge < -0.3 is 4.74 Å². The van der Waals surface area contributed by atoms with Crippen molar-refractivity contribution in [1.82, 2.24) is 5.43 Å². The van der Waals surface area contributed by atoms with Crippen LogP contribution in [-0.4, -0.2) is 18.7 Å². The molecule has 6 heteroatoms. The van der Waals surface area contributed by atoms with Gasteiger partial charge in [0.25, 0.3) is 5.91 Å². The molecule has 0 unspecified atom stereocenters. The lowest BCUT2D eigenvalue weighted by Gasteiger charge is -2.09. The molecule has 1 amide bonds. The molecule has 2 rings (SSSR count). The number of nitrogens with one attached hydrogen (secondary N) is 1. The van der Waals surface area contributed by atoms with Crippen molar-refractivity contribution >= 4 is 39.4 Å². The number of halogens is 1. The van der Waals surface area contributed by atoms with Crippen LogP contribution in [0.25, 0.3) is 0 Å². The first-order chi connectivity index (χ1) is 9.70. The lowest BCUT2D eigenvalue weighted by molar-refractivity contribution is 0.0951. The van der Waals surface area contributed by atoms with Crippen LogP contribution >= 0.6 is 27.3 Å². The van der Waals surface area contributed by atoms with Crippen molar-refractivity contribution in [2.24, 2.45) is 5.10 Å². The summed E-state index contributed by atoms with van der Waals surface area (Å²) in [4.78, 5) is 13.1. The fraction of sp³-hybridized carbons (Fsp3) is 0.143. The van der Waals surface area contributed by atoms with Crippen molar-refractivity contribution in [2.45, 2.75) is 6.92 Å². The number of hydrogen-bond donors (Lipinski definition) is 1. The molecule has 4 nitrogen and oxygen atoms in total. The Bertz CT molecular complexity index is 612. The molecule has 1 heterocycles. The van der Waals surface area contributed by atoms with Gasteiger partial charge in [-0.15, -0.1) is 11.3 Å². The van der Waals surface area contributed by atoms with Gasteiger partial charge in [0.05, 0.1) is 18.4 Å². The van der Waals surface area contributed by atoms with Crippen LogP contribution in [0, 0.1) is 0 Å². The highest BCUT2D eigenvalue weighted by molar-refractivity contribution is 9.10. The van der Waals surface area contributed by atoms with Crippen molar-refractivity contribution < 1.29 is 9.53 Å². The number of rotatable bonds is 5. The second-order valence-corrected chi connectivity index (χ2v) is 5.68. The minimum atomic E-state index is -0.303. The topological polar surface area (TPSA) is 50.7 Å². The number of amides is 1. The van der Waals surface area contributed by atoms with E-state index < -0.39 is 0 Å². The molecule has 0 saturated heterocycles. The first-order valence-electron chi connectivity index (χ1n) is 6.00. The summed E-state index contributed by atoms with van der Waals surface area (Å²) in [6.45, 7) is 2.37. The van der Waals surface area contributed by atoms with E-state index in [2.05, 4.69) is 26.5 Å². The van der Waals surface area contributed by atoms with E-state index in [0.717, 1.165) is 9.35 Å². The summed E-state index contributed by atoms with van der Waals surface area (Å²) < 4.78 is 6.25. The zero-order chi connectivity index (χ0) is 14.4. The molecule has 0 radical (unpaired) electrons. The molecule has 0 atom stereocenters. The van der Waals surface area contributed by atoms with Gasteiger partial charge in [0, 0.05) is 9.35 Å². The van der Waals surface area contributed by atoms with Crippen molar-refractivity contribution in [3.05, 3.63) is 50.6 Å². The second kappa shape index (κ2) is 7.21. The van der Waals surface area contributed by atoms with Gasteiger partial charge in [-0.1, -0.05) is 22.0 Å². The molecule has 20 heavy (non-hydrogen) atoms. The first kappa shape index (κ1) is 14.7. The third-order valence-electron chi connectivity index (χ3n) is 2.39. The Morgan fingerprint density at radius 2 is 2.35 bits per heavy atom. The smallest absolute Gasteiger partial charge is 0.275 e. The van der Waals surface area contributed by atoms with Crippen LogP contribution in [0.4, 0.5) is 0 Å². The number of hydrazone groups is 1. The monoisotopic (exact) mass is 352 g/mol. The molecule has 0 saturated carbocycles. The molecule has 0 bridgehead atoms. The molecular formula is C14H13BrN2O2S. The van der Waals surface area contributed by atoms with E-state index in [1.54, 1.807) is 29.7 Å². The maximum atomic E-state index is 12.1. The highest BCUT2D eigenvalue weighted by atomic mass is 79.9. The Morgan fingerprint density at radius 3 is 3.05 bits per heavy atom. The third kappa shape index (κ3) is 3.91. The van der Waals surface area contributed by atoms with Crippen LogP contribution in [0.3, 0.4) is 0 Å². The van der Waals surface area contributed by atoms with E-state index in [1.165, 1.54) is 0 Å². The third-order valence-corrected chi connectivity index (χ3v) is 3.69. The number of thiophene rings is 1. The molecule has 2 aromatic rings. The zero-order valence-corrected chi connectivity index (χ0v) is 13.2. The van der Waals surface area contributed by atoms with E-state index in [9.17, 15) is 4.79 Å². The largest absolute Gasteiger partial charge is 0.493 e. The van der Waals surface area contributed by atoms with Gasteiger partial charge in [-0.25, -0.2) is 5.43 Å². The van der Waals surface area contributed by atoms with E-state index >= 15 is 0 Å². The maximum absolute atomic E-state index is 12.1. The highest BCUT2D eigenvalue weighted by Gasteiger charge is 2.12. The first-order valence-corrected chi connectivity index (χ1v) is 7.67. The summed E-state index contributed by atoms with van der Waals surface area (Å²) in [6.07, 6.45) is 1.61. The summed E-state index contributed by atoms with van der Waals surface area (Å²) in [5, 5.41) is 5.89. The van der Waals surface area contributed by atoms with Gasteiger partial charge in [-0.05, 0) is 36.6 Å². The molecule has 1 N–H and O–H groups in total. The number of carbonyl (C=O) groups is 1. The average Bonchev–Trinajstić information content (AvgIpc) is 2.94. The Balaban J connectivity index is 2.10. The van der Waals surface area contributed by atoms with Crippen molar-refractivity contribution in [3.8, 4) is 5.75 Å². The minimum Gasteiger partial charge on any atom is -0.493 e. The summed E-state index contributed by atoms with van der Waals surface area (Å²) in [5.41, 5.74) is 2.95. The number of ether oxygens (including phenoxy) is 1. The molecule has 0 aliphatic rings. The Labute approximate surface area is 129 Å². The molecule has 1 aromatic heterocycles. The van der Waals surface area contributed by atoms with Crippen LogP contribution < -0.4 is 10.2 Å². The SMILES string of the molecule is CCOc1ccc(Br)cc1C(=O)NN=Cc1cccs1. The quantitative estimate of drug-likeness (QED) is 0.659. The maximum Gasteiger partial charge on any atom is 0.275 e. The van der Waals surface area contributed by atoms with Crippen molar-refractivity contribution in [1.29, 1.82) is 0 Å². The molecule has 1 aromatic carbocycles. The lowest BCUT2D eigenvalue weighted by Crippen LogP contribution is -2.18. The van der Waals surface area contributed by atoms with Crippen LogP contribution in [0.2, 0.25) is 0 Å². The number of hydrogen-bond acceptors (Lipinski definition) is 4. The fourth-order valence-electron chi connectivity index (χ4n) is 1.54. The van der Waals surface area contributed by atoms with Gasteiger partial charge in [0.15, 0.2) is 0 Å². The summed E-state index contributed by atoms with van der Waals surface area (Å²) in [7, 11) is 0. The second-order valence-electron chi connectivity index (χ2n) is 3.79. The molecule has 104 valence electrons. The zero-order valence-electron chi connectivity index (χ0n) is 10.8. The van der Waals surface area contributed by atoms with Crippen LogP contribution in [0.1, 0.15) is 22.2 Å². The molecular weight excluding hydrogens is 340 g/mol.